The second kappa shape index (κ2) is 6.10. The maximum absolute atomic E-state index is 12.3. The summed E-state index contributed by atoms with van der Waals surface area (Å²) in [6, 6.07) is 13.4. The number of nitrogens with zero attached hydrogens (tertiary/aromatic N) is 1. The van der Waals surface area contributed by atoms with E-state index >= 15 is 0 Å². The van der Waals surface area contributed by atoms with Crippen LogP contribution in [0.2, 0.25) is 0 Å². The second-order valence-corrected chi connectivity index (χ2v) is 4.46. The van der Waals surface area contributed by atoms with Crippen molar-refractivity contribution in [2.45, 2.75) is 13.3 Å². The first-order valence-electron chi connectivity index (χ1n) is 6.48. The van der Waals surface area contributed by atoms with Crippen LogP contribution in [0.1, 0.15) is 12.5 Å². The molecule has 2 N–H and O–H groups in total. The van der Waals surface area contributed by atoms with Gasteiger partial charge in [0.1, 0.15) is 11.5 Å². The molecule has 4 heteroatoms. The Morgan fingerprint density at radius 3 is 2.50 bits per heavy atom. The van der Waals surface area contributed by atoms with Gasteiger partial charge in [0.25, 0.3) is 0 Å². The fourth-order valence-electron chi connectivity index (χ4n) is 2.08. The van der Waals surface area contributed by atoms with E-state index in [1.54, 1.807) is 53.4 Å². The molecule has 0 unspecified atom stereocenters. The third kappa shape index (κ3) is 3.09. The smallest absolute Gasteiger partial charge is 0.231 e. The monoisotopic (exact) mass is 271 g/mol. The van der Waals surface area contributed by atoms with Crippen LogP contribution in [0.4, 0.5) is 5.69 Å². The number of carbonyl (C=O) groups is 1. The van der Waals surface area contributed by atoms with Crippen LogP contribution >= 0.6 is 0 Å². The quantitative estimate of drug-likeness (QED) is 0.898. The third-order valence-corrected chi connectivity index (χ3v) is 3.09. The Morgan fingerprint density at radius 2 is 1.85 bits per heavy atom. The molecule has 104 valence electrons. The van der Waals surface area contributed by atoms with Gasteiger partial charge >= 0.3 is 0 Å². The summed E-state index contributed by atoms with van der Waals surface area (Å²) in [5, 5.41) is 19.2. The van der Waals surface area contributed by atoms with Crippen LogP contribution in [0.5, 0.6) is 11.5 Å². The number of para-hydroxylation sites is 1. The number of hydrogen-bond donors (Lipinski definition) is 2. The van der Waals surface area contributed by atoms with Crippen LogP contribution in [0.3, 0.4) is 0 Å². The largest absolute Gasteiger partial charge is 0.508 e. The van der Waals surface area contributed by atoms with Crippen molar-refractivity contribution < 1.29 is 15.0 Å². The maximum Gasteiger partial charge on any atom is 0.231 e. The molecule has 0 radical (unpaired) electrons. The lowest BCUT2D eigenvalue weighted by atomic mass is 10.1. The summed E-state index contributed by atoms with van der Waals surface area (Å²) >= 11 is 0. The molecule has 0 bridgehead atoms. The van der Waals surface area contributed by atoms with Crippen molar-refractivity contribution in [3.05, 3.63) is 54.1 Å². The molecule has 0 aliphatic carbocycles. The molecule has 2 aromatic carbocycles. The summed E-state index contributed by atoms with van der Waals surface area (Å²) in [4.78, 5) is 13.9. The standard InChI is InChI=1S/C16H17NO3/c1-2-17(13-7-5-8-14(18)11-13)16(20)10-12-6-3-4-9-15(12)19/h3-9,11,18-19H,2,10H2,1H3. The van der Waals surface area contributed by atoms with E-state index in [0.29, 0.717) is 17.8 Å². The number of benzene rings is 2. The van der Waals surface area contributed by atoms with Crippen molar-refractivity contribution in [3.63, 3.8) is 0 Å². The highest BCUT2D eigenvalue weighted by atomic mass is 16.3. The molecule has 0 saturated carbocycles. The minimum absolute atomic E-state index is 0.118. The highest BCUT2D eigenvalue weighted by molar-refractivity contribution is 5.95. The van der Waals surface area contributed by atoms with E-state index < -0.39 is 0 Å². The van der Waals surface area contributed by atoms with Crippen LogP contribution in [-0.2, 0) is 11.2 Å². The third-order valence-electron chi connectivity index (χ3n) is 3.09. The molecule has 20 heavy (non-hydrogen) atoms. The first kappa shape index (κ1) is 13.9. The average molecular weight is 271 g/mol. The zero-order valence-corrected chi connectivity index (χ0v) is 11.3. The first-order chi connectivity index (χ1) is 9.61. The van der Waals surface area contributed by atoms with Crippen LogP contribution in [-0.4, -0.2) is 22.7 Å². The van der Waals surface area contributed by atoms with Crippen LogP contribution in [0.15, 0.2) is 48.5 Å². The van der Waals surface area contributed by atoms with Gasteiger partial charge in [-0.25, -0.2) is 0 Å². The fourth-order valence-corrected chi connectivity index (χ4v) is 2.08. The predicted octanol–water partition coefficient (Wildman–Crippen LogP) is 2.69. The fraction of sp³-hybridized carbons (Fsp3) is 0.188. The summed E-state index contributed by atoms with van der Waals surface area (Å²) in [5.74, 6) is 0.115. The summed E-state index contributed by atoms with van der Waals surface area (Å²) < 4.78 is 0. The predicted molar refractivity (Wildman–Crippen MR) is 77.9 cm³/mol. The molecular weight excluding hydrogens is 254 g/mol. The van der Waals surface area contributed by atoms with Gasteiger partial charge in [0.05, 0.1) is 6.42 Å². The van der Waals surface area contributed by atoms with E-state index in [9.17, 15) is 15.0 Å². The van der Waals surface area contributed by atoms with Crippen molar-refractivity contribution in [1.29, 1.82) is 0 Å². The highest BCUT2D eigenvalue weighted by Gasteiger charge is 2.16. The summed E-state index contributed by atoms with van der Waals surface area (Å²) in [6.45, 7) is 2.36. The number of carbonyl (C=O) groups excluding carboxylic acids is 1. The van der Waals surface area contributed by atoms with Crippen LogP contribution in [0, 0.1) is 0 Å². The lowest BCUT2D eigenvalue weighted by Crippen LogP contribution is -2.31. The number of phenolic OH excluding ortho intramolecular Hbond substituents is 2. The molecular formula is C16H17NO3. The molecule has 1 amide bonds. The Morgan fingerprint density at radius 1 is 1.10 bits per heavy atom. The number of hydrogen-bond acceptors (Lipinski definition) is 3. The van der Waals surface area contributed by atoms with E-state index in [-0.39, 0.29) is 23.8 Å². The molecule has 0 saturated heterocycles. The van der Waals surface area contributed by atoms with Gasteiger partial charge in [0, 0.05) is 23.9 Å². The van der Waals surface area contributed by atoms with Gasteiger partial charge in [0.2, 0.25) is 5.91 Å². The normalized spacial score (nSPS) is 10.2. The molecule has 0 aromatic heterocycles. The van der Waals surface area contributed by atoms with E-state index in [1.807, 2.05) is 6.92 Å². The Balaban J connectivity index is 2.20. The number of amides is 1. The molecule has 2 aromatic rings. The minimum Gasteiger partial charge on any atom is -0.508 e. The number of phenols is 2. The Kier molecular flexibility index (Phi) is 4.25. The topological polar surface area (TPSA) is 60.8 Å². The Labute approximate surface area is 117 Å². The number of rotatable bonds is 4. The van der Waals surface area contributed by atoms with Crippen molar-refractivity contribution in [2.24, 2.45) is 0 Å². The molecule has 4 nitrogen and oxygen atoms in total. The number of aromatic hydroxyl groups is 2. The summed E-state index contributed by atoms with van der Waals surface area (Å²) in [6.07, 6.45) is 0.121. The molecule has 0 atom stereocenters. The minimum atomic E-state index is -0.125. The number of likely N-dealkylation sites (N-methyl/N-ethyl adjacent to an activating group) is 1. The zero-order chi connectivity index (χ0) is 14.5. The SMILES string of the molecule is CCN(C(=O)Cc1ccccc1O)c1cccc(O)c1. The van der Waals surface area contributed by atoms with Crippen molar-refractivity contribution in [3.8, 4) is 11.5 Å². The van der Waals surface area contributed by atoms with Gasteiger partial charge < -0.3 is 15.1 Å². The van der Waals surface area contributed by atoms with Gasteiger partial charge in [0.15, 0.2) is 0 Å². The first-order valence-corrected chi connectivity index (χ1v) is 6.48. The molecule has 0 heterocycles. The molecule has 0 fully saturated rings. The van der Waals surface area contributed by atoms with E-state index in [0.717, 1.165) is 0 Å². The van der Waals surface area contributed by atoms with Gasteiger partial charge in [-0.1, -0.05) is 24.3 Å². The average Bonchev–Trinajstić information content (AvgIpc) is 2.42. The molecule has 0 aliphatic heterocycles. The molecule has 0 aliphatic rings. The van der Waals surface area contributed by atoms with E-state index in [2.05, 4.69) is 0 Å². The summed E-state index contributed by atoms with van der Waals surface area (Å²) in [5.41, 5.74) is 1.24. The Bertz CT molecular complexity index is 610. The number of anilines is 1. The molecule has 2 rings (SSSR count). The lowest BCUT2D eigenvalue weighted by Gasteiger charge is -2.21. The van der Waals surface area contributed by atoms with Gasteiger partial charge in [-0.2, -0.15) is 0 Å². The van der Waals surface area contributed by atoms with E-state index in [4.69, 9.17) is 0 Å². The second-order valence-electron chi connectivity index (χ2n) is 4.46. The van der Waals surface area contributed by atoms with Crippen LogP contribution in [0.25, 0.3) is 0 Å². The summed E-state index contributed by atoms with van der Waals surface area (Å²) in [7, 11) is 0. The maximum atomic E-state index is 12.3. The molecule has 0 spiro atoms. The Hall–Kier alpha value is -2.49. The van der Waals surface area contributed by atoms with Gasteiger partial charge in [-0.05, 0) is 25.1 Å². The zero-order valence-electron chi connectivity index (χ0n) is 11.3. The van der Waals surface area contributed by atoms with Crippen molar-refractivity contribution in [2.75, 3.05) is 11.4 Å². The van der Waals surface area contributed by atoms with Crippen molar-refractivity contribution >= 4 is 11.6 Å². The van der Waals surface area contributed by atoms with Crippen molar-refractivity contribution in [1.82, 2.24) is 0 Å². The van der Waals surface area contributed by atoms with Gasteiger partial charge in [-0.15, -0.1) is 0 Å². The van der Waals surface area contributed by atoms with Crippen LogP contribution < -0.4 is 4.90 Å². The van der Waals surface area contributed by atoms with E-state index in [1.165, 1.54) is 0 Å². The highest BCUT2D eigenvalue weighted by Crippen LogP contribution is 2.22. The van der Waals surface area contributed by atoms with Gasteiger partial charge in [-0.3, -0.25) is 4.79 Å². The lowest BCUT2D eigenvalue weighted by molar-refractivity contribution is -0.118.